The van der Waals surface area contributed by atoms with E-state index in [1.807, 2.05) is 17.9 Å². The van der Waals surface area contributed by atoms with Crippen molar-refractivity contribution >= 4 is 23.2 Å². The molecule has 1 unspecified atom stereocenters. The van der Waals surface area contributed by atoms with Crippen LogP contribution in [-0.4, -0.2) is 64.9 Å². The molecule has 2 fully saturated rings. The van der Waals surface area contributed by atoms with Crippen LogP contribution in [0.1, 0.15) is 30.3 Å². The lowest BCUT2D eigenvalue weighted by Crippen LogP contribution is -2.55. The molecular weight excluding hydrogens is 352 g/mol. The van der Waals surface area contributed by atoms with Crippen molar-refractivity contribution in [3.63, 3.8) is 0 Å². The minimum atomic E-state index is -0.155. The van der Waals surface area contributed by atoms with Crippen molar-refractivity contribution in [3.8, 4) is 10.8 Å². The molecule has 2 aromatic rings. The van der Waals surface area contributed by atoms with Crippen LogP contribution in [0.2, 0.25) is 0 Å². The van der Waals surface area contributed by atoms with Crippen molar-refractivity contribution in [1.82, 2.24) is 20.1 Å². The van der Waals surface area contributed by atoms with Crippen LogP contribution < -0.4 is 5.32 Å². The lowest BCUT2D eigenvalue weighted by molar-refractivity contribution is -0.126. The van der Waals surface area contributed by atoms with Gasteiger partial charge in [-0.25, -0.2) is 4.98 Å². The monoisotopic (exact) mass is 374 g/mol. The number of amides is 2. The predicted octanol–water partition coefficient (Wildman–Crippen LogP) is 1.83. The molecule has 1 N–H and O–H groups in total. The molecule has 3 heterocycles. The van der Waals surface area contributed by atoms with Crippen LogP contribution in [0.25, 0.3) is 10.8 Å². The number of rotatable bonds is 5. The summed E-state index contributed by atoms with van der Waals surface area (Å²) in [6.45, 7) is 4.53. The third kappa shape index (κ3) is 3.66. The number of nitrogens with one attached hydrogen (secondary N) is 1. The zero-order valence-corrected chi connectivity index (χ0v) is 15.5. The number of carbonyl (C=O) groups excluding carboxylic acids is 2. The number of carbonyl (C=O) groups is 2. The number of thiazole rings is 1. The van der Waals surface area contributed by atoms with Gasteiger partial charge < -0.3 is 14.6 Å². The fourth-order valence-corrected chi connectivity index (χ4v) is 3.84. The molecule has 1 saturated carbocycles. The molecule has 1 aliphatic carbocycles. The van der Waals surface area contributed by atoms with Gasteiger partial charge in [-0.05, 0) is 31.9 Å². The minimum absolute atomic E-state index is 0.0613. The van der Waals surface area contributed by atoms with Crippen LogP contribution in [0.3, 0.4) is 0 Å². The normalized spacial score (nSPS) is 19.3. The fraction of sp³-hybridized carbons (Fsp3) is 0.500. The quantitative estimate of drug-likeness (QED) is 0.864. The summed E-state index contributed by atoms with van der Waals surface area (Å²) in [6, 6.07) is 3.86. The maximum Gasteiger partial charge on any atom is 0.273 e. The summed E-state index contributed by atoms with van der Waals surface area (Å²) in [7, 11) is 0. The number of piperazine rings is 1. The molecule has 0 aromatic carbocycles. The third-order valence-corrected chi connectivity index (χ3v) is 5.76. The maximum absolute atomic E-state index is 12.7. The first-order chi connectivity index (χ1) is 12.6. The molecule has 4 rings (SSSR count). The Labute approximate surface area is 156 Å². The average Bonchev–Trinajstić information content (AvgIpc) is 3.14. The van der Waals surface area contributed by atoms with Crippen molar-refractivity contribution in [2.75, 3.05) is 26.2 Å². The molecule has 0 radical (unpaired) electrons. The summed E-state index contributed by atoms with van der Waals surface area (Å²) in [5.41, 5.74) is 0.453. The van der Waals surface area contributed by atoms with Crippen LogP contribution in [0.5, 0.6) is 0 Å². The lowest BCUT2D eigenvalue weighted by Gasteiger charge is -2.37. The van der Waals surface area contributed by atoms with Gasteiger partial charge in [0.2, 0.25) is 5.91 Å². The summed E-state index contributed by atoms with van der Waals surface area (Å²) in [6.07, 6.45) is 3.78. The van der Waals surface area contributed by atoms with Gasteiger partial charge in [0, 0.05) is 37.6 Å². The average molecular weight is 374 g/mol. The Balaban J connectivity index is 1.32. The Bertz CT molecular complexity index is 776. The second-order valence-electron chi connectivity index (χ2n) is 6.80. The SMILES string of the molecule is CC(C(=O)NC1CC1)N1CCN(C(=O)c2csc(-c3ccco3)n2)CC1. The van der Waals surface area contributed by atoms with Gasteiger partial charge in [0.15, 0.2) is 10.8 Å². The first-order valence-electron chi connectivity index (χ1n) is 8.95. The molecule has 1 atom stereocenters. The Morgan fingerprint density at radius 3 is 2.73 bits per heavy atom. The molecule has 8 heteroatoms. The summed E-state index contributed by atoms with van der Waals surface area (Å²) in [5.74, 6) is 0.707. The van der Waals surface area contributed by atoms with Gasteiger partial charge >= 0.3 is 0 Å². The largest absolute Gasteiger partial charge is 0.462 e. The minimum Gasteiger partial charge on any atom is -0.462 e. The summed E-state index contributed by atoms with van der Waals surface area (Å²) >= 11 is 1.40. The van der Waals surface area contributed by atoms with E-state index in [2.05, 4.69) is 15.2 Å². The third-order valence-electron chi connectivity index (χ3n) is 4.91. The maximum atomic E-state index is 12.7. The van der Waals surface area contributed by atoms with Crippen molar-refractivity contribution in [2.24, 2.45) is 0 Å². The standard InChI is InChI=1S/C18H22N4O3S/c1-12(16(23)19-13-4-5-13)21-6-8-22(9-7-21)18(24)14-11-26-17(20-14)15-3-2-10-25-15/h2-3,10-13H,4-9H2,1H3,(H,19,23). The highest BCUT2D eigenvalue weighted by molar-refractivity contribution is 7.13. The van der Waals surface area contributed by atoms with Crippen LogP contribution >= 0.6 is 11.3 Å². The molecule has 2 amide bonds. The van der Waals surface area contributed by atoms with Crippen LogP contribution in [0.4, 0.5) is 0 Å². The Hall–Kier alpha value is -2.19. The number of furan rings is 1. The first-order valence-corrected chi connectivity index (χ1v) is 9.83. The predicted molar refractivity (Wildman–Crippen MR) is 97.9 cm³/mol. The molecule has 2 aliphatic rings. The Morgan fingerprint density at radius 2 is 2.08 bits per heavy atom. The van der Waals surface area contributed by atoms with Crippen molar-refractivity contribution in [3.05, 3.63) is 29.5 Å². The molecule has 1 saturated heterocycles. The van der Waals surface area contributed by atoms with E-state index in [0.29, 0.717) is 48.7 Å². The molecule has 7 nitrogen and oxygen atoms in total. The van der Waals surface area contributed by atoms with Crippen LogP contribution in [-0.2, 0) is 4.79 Å². The molecule has 138 valence electrons. The van der Waals surface area contributed by atoms with Gasteiger partial charge in [-0.15, -0.1) is 11.3 Å². The van der Waals surface area contributed by atoms with E-state index >= 15 is 0 Å². The summed E-state index contributed by atoms with van der Waals surface area (Å²) in [5, 5.41) is 5.53. The Morgan fingerprint density at radius 1 is 1.31 bits per heavy atom. The summed E-state index contributed by atoms with van der Waals surface area (Å²) in [4.78, 5) is 33.2. The lowest BCUT2D eigenvalue weighted by atomic mass is 10.2. The molecule has 0 spiro atoms. The highest BCUT2D eigenvalue weighted by atomic mass is 32.1. The summed E-state index contributed by atoms with van der Waals surface area (Å²) < 4.78 is 5.33. The van der Waals surface area contributed by atoms with E-state index in [1.165, 1.54) is 11.3 Å². The number of aromatic nitrogens is 1. The number of hydrogen-bond donors (Lipinski definition) is 1. The van der Waals surface area contributed by atoms with Gasteiger partial charge in [-0.3, -0.25) is 14.5 Å². The molecular formula is C18H22N4O3S. The topological polar surface area (TPSA) is 78.7 Å². The van der Waals surface area contributed by atoms with E-state index in [1.54, 1.807) is 17.7 Å². The highest BCUT2D eigenvalue weighted by Gasteiger charge is 2.31. The fourth-order valence-electron chi connectivity index (χ4n) is 3.07. The van der Waals surface area contributed by atoms with Gasteiger partial charge in [-0.2, -0.15) is 0 Å². The number of nitrogens with zero attached hydrogens (tertiary/aromatic N) is 3. The van der Waals surface area contributed by atoms with Gasteiger partial charge in [0.25, 0.3) is 5.91 Å². The van der Waals surface area contributed by atoms with Gasteiger partial charge in [0.1, 0.15) is 5.69 Å². The van der Waals surface area contributed by atoms with E-state index < -0.39 is 0 Å². The Kier molecular flexibility index (Phi) is 4.78. The second kappa shape index (κ2) is 7.20. The van der Waals surface area contributed by atoms with Crippen molar-refractivity contribution in [1.29, 1.82) is 0 Å². The van der Waals surface area contributed by atoms with E-state index in [0.717, 1.165) is 12.8 Å². The van der Waals surface area contributed by atoms with Crippen LogP contribution in [0.15, 0.2) is 28.2 Å². The molecule has 0 bridgehead atoms. The highest BCUT2D eigenvalue weighted by Crippen LogP contribution is 2.25. The van der Waals surface area contributed by atoms with E-state index in [4.69, 9.17) is 4.42 Å². The smallest absolute Gasteiger partial charge is 0.273 e. The zero-order chi connectivity index (χ0) is 18.1. The number of hydrogen-bond acceptors (Lipinski definition) is 6. The van der Waals surface area contributed by atoms with E-state index in [9.17, 15) is 9.59 Å². The van der Waals surface area contributed by atoms with Crippen molar-refractivity contribution < 1.29 is 14.0 Å². The molecule has 26 heavy (non-hydrogen) atoms. The first kappa shape index (κ1) is 17.2. The zero-order valence-electron chi connectivity index (χ0n) is 14.7. The van der Waals surface area contributed by atoms with E-state index in [-0.39, 0.29) is 17.9 Å². The van der Waals surface area contributed by atoms with Crippen LogP contribution in [0, 0.1) is 0 Å². The van der Waals surface area contributed by atoms with Crippen molar-refractivity contribution in [2.45, 2.75) is 31.8 Å². The second-order valence-corrected chi connectivity index (χ2v) is 7.66. The van der Waals surface area contributed by atoms with Gasteiger partial charge in [0.05, 0.1) is 12.3 Å². The molecule has 1 aliphatic heterocycles. The molecule has 2 aromatic heterocycles. The van der Waals surface area contributed by atoms with Gasteiger partial charge in [-0.1, -0.05) is 0 Å².